The van der Waals surface area contributed by atoms with Crippen LogP contribution in [0.15, 0.2) is 24.3 Å². The average molecular weight is 542 g/mol. The highest BCUT2D eigenvalue weighted by Gasteiger charge is 2.66. The van der Waals surface area contributed by atoms with Gasteiger partial charge >= 0.3 is 5.97 Å². The Balaban J connectivity index is 1.26. The lowest BCUT2D eigenvalue weighted by atomic mass is 9.81. The first-order valence-electron chi connectivity index (χ1n) is 9.93. The smallest absolute Gasteiger partial charge is 0.308 e. The molecule has 1 heterocycles. The second-order valence-electron chi connectivity index (χ2n) is 8.16. The number of halogens is 2. The van der Waals surface area contributed by atoms with Gasteiger partial charge in [0.05, 0.1) is 18.3 Å². The van der Waals surface area contributed by atoms with E-state index in [0.717, 1.165) is 12.0 Å². The molecule has 1 aliphatic heterocycles. The van der Waals surface area contributed by atoms with Gasteiger partial charge in [-0.2, -0.15) is 0 Å². The van der Waals surface area contributed by atoms with Crippen molar-refractivity contribution < 1.29 is 23.9 Å². The topological polar surface area (TPSA) is 92.8 Å². The van der Waals surface area contributed by atoms with Crippen molar-refractivity contribution in [2.24, 2.45) is 23.7 Å². The molecule has 0 aromatic heterocycles. The third-order valence-electron chi connectivity index (χ3n) is 6.28. The number of nitrogens with one attached hydrogen (secondary N) is 1. The second kappa shape index (κ2) is 8.42. The standard InChI is InChI=1S/C21H22Br2N2O5/c1-10-3-2-4-11(7-10)24-14(26)9-30-15(27)5-6-25-20(28)16-12-8-13(17(16)21(25)29)19(23)18(12)22/h2-4,7,12-13,16-19H,5-6,8-9H2,1H3,(H,24,26)/t12-,13-,16-,17-,18+,19+/m1/s1. The summed E-state index contributed by atoms with van der Waals surface area (Å²) in [4.78, 5) is 51.2. The van der Waals surface area contributed by atoms with Gasteiger partial charge in [-0.05, 0) is 42.9 Å². The quantitative estimate of drug-likeness (QED) is 0.339. The van der Waals surface area contributed by atoms with Gasteiger partial charge in [0.15, 0.2) is 6.61 Å². The summed E-state index contributed by atoms with van der Waals surface area (Å²) in [5.41, 5.74) is 1.63. The average Bonchev–Trinajstić information content (AvgIpc) is 3.30. The maximum atomic E-state index is 12.8. The summed E-state index contributed by atoms with van der Waals surface area (Å²) in [7, 11) is 0. The number of nitrogens with zero attached hydrogens (tertiary/aromatic N) is 1. The van der Waals surface area contributed by atoms with E-state index in [0.29, 0.717) is 5.69 Å². The molecular weight excluding hydrogens is 520 g/mol. The van der Waals surface area contributed by atoms with Gasteiger partial charge in [-0.1, -0.05) is 44.0 Å². The third-order valence-corrected chi connectivity index (χ3v) is 9.49. The number of esters is 1. The summed E-state index contributed by atoms with van der Waals surface area (Å²) in [5.74, 6) is -1.75. The van der Waals surface area contributed by atoms with E-state index in [9.17, 15) is 19.2 Å². The van der Waals surface area contributed by atoms with Crippen LogP contribution in [0.2, 0.25) is 0 Å². The van der Waals surface area contributed by atoms with E-state index in [2.05, 4.69) is 37.2 Å². The van der Waals surface area contributed by atoms with Gasteiger partial charge in [-0.25, -0.2) is 0 Å². The molecule has 9 heteroatoms. The zero-order valence-electron chi connectivity index (χ0n) is 16.3. The van der Waals surface area contributed by atoms with Gasteiger partial charge in [-0.3, -0.25) is 24.1 Å². The molecule has 30 heavy (non-hydrogen) atoms. The van der Waals surface area contributed by atoms with Gasteiger partial charge < -0.3 is 10.1 Å². The van der Waals surface area contributed by atoms with Crippen LogP contribution in [-0.4, -0.2) is 51.4 Å². The molecule has 0 radical (unpaired) electrons. The van der Waals surface area contributed by atoms with E-state index in [1.807, 2.05) is 25.1 Å². The molecule has 4 rings (SSSR count). The number of imide groups is 1. The molecule has 160 valence electrons. The largest absolute Gasteiger partial charge is 0.456 e. The van der Waals surface area contributed by atoms with Crippen LogP contribution in [0.5, 0.6) is 0 Å². The molecule has 3 fully saturated rings. The Morgan fingerprint density at radius 2 is 1.77 bits per heavy atom. The fraction of sp³-hybridized carbons (Fsp3) is 0.524. The Morgan fingerprint density at radius 3 is 2.37 bits per heavy atom. The van der Waals surface area contributed by atoms with Crippen molar-refractivity contribution in [3.05, 3.63) is 29.8 Å². The zero-order chi connectivity index (χ0) is 21.6. The van der Waals surface area contributed by atoms with Crippen LogP contribution >= 0.6 is 31.9 Å². The van der Waals surface area contributed by atoms with Crippen LogP contribution < -0.4 is 5.32 Å². The SMILES string of the molecule is Cc1cccc(NC(=O)COC(=O)CCN2C(=O)[C@@H]3[C@H]4C[C@@H]([C@H](Br)[C@H]4Br)[C@H]3C2=O)c1. The number of amides is 3. The normalized spacial score (nSPS) is 31.8. The highest BCUT2D eigenvalue weighted by Crippen LogP contribution is 2.60. The van der Waals surface area contributed by atoms with E-state index in [-0.39, 0.29) is 58.1 Å². The molecule has 1 aromatic rings. The van der Waals surface area contributed by atoms with Crippen LogP contribution in [-0.2, 0) is 23.9 Å². The lowest BCUT2D eigenvalue weighted by Crippen LogP contribution is -2.37. The van der Waals surface area contributed by atoms with Crippen LogP contribution in [0.1, 0.15) is 18.4 Å². The maximum Gasteiger partial charge on any atom is 0.308 e. The Hall–Kier alpha value is -1.74. The summed E-state index contributed by atoms with van der Waals surface area (Å²) >= 11 is 7.29. The number of benzene rings is 1. The van der Waals surface area contributed by atoms with Crippen molar-refractivity contribution >= 4 is 61.2 Å². The molecule has 1 aromatic carbocycles. The lowest BCUT2D eigenvalue weighted by Gasteiger charge is -2.28. The number of likely N-dealkylation sites (tertiary alicyclic amines) is 1. The van der Waals surface area contributed by atoms with Crippen LogP contribution in [0.3, 0.4) is 0 Å². The first kappa shape index (κ1) is 21.5. The van der Waals surface area contributed by atoms with Gasteiger partial charge in [-0.15, -0.1) is 0 Å². The Bertz CT molecular complexity index is 875. The third kappa shape index (κ3) is 3.82. The molecule has 2 saturated carbocycles. The number of alkyl halides is 2. The van der Waals surface area contributed by atoms with E-state index >= 15 is 0 Å². The first-order valence-corrected chi connectivity index (χ1v) is 11.8. The summed E-state index contributed by atoms with van der Waals surface area (Å²) in [6.07, 6.45) is 0.740. The van der Waals surface area contributed by atoms with Crippen LogP contribution in [0.4, 0.5) is 5.69 Å². The van der Waals surface area contributed by atoms with Crippen molar-refractivity contribution in [3.63, 3.8) is 0 Å². The molecule has 3 aliphatic rings. The second-order valence-corrected chi connectivity index (χ2v) is 10.3. The molecule has 2 aliphatic carbocycles. The minimum atomic E-state index is -0.619. The predicted molar refractivity (Wildman–Crippen MR) is 116 cm³/mol. The number of ether oxygens (including phenoxy) is 1. The summed E-state index contributed by atoms with van der Waals surface area (Å²) in [6, 6.07) is 7.28. The van der Waals surface area contributed by atoms with Crippen molar-refractivity contribution in [1.29, 1.82) is 0 Å². The number of anilines is 1. The zero-order valence-corrected chi connectivity index (χ0v) is 19.5. The van der Waals surface area contributed by atoms with Gasteiger partial charge in [0.2, 0.25) is 11.8 Å². The molecule has 0 unspecified atom stereocenters. The van der Waals surface area contributed by atoms with Crippen molar-refractivity contribution in [2.75, 3.05) is 18.5 Å². The first-order chi connectivity index (χ1) is 14.3. The summed E-state index contributed by atoms with van der Waals surface area (Å²) in [6.45, 7) is 1.48. The monoisotopic (exact) mass is 540 g/mol. The number of carbonyl (C=O) groups excluding carboxylic acids is 4. The van der Waals surface area contributed by atoms with Crippen LogP contribution in [0.25, 0.3) is 0 Å². The minimum Gasteiger partial charge on any atom is -0.456 e. The van der Waals surface area contributed by atoms with E-state index in [1.54, 1.807) is 6.07 Å². The number of hydrogen-bond acceptors (Lipinski definition) is 5. The number of aryl methyl sites for hydroxylation is 1. The fourth-order valence-electron chi connectivity index (χ4n) is 4.97. The highest BCUT2D eigenvalue weighted by molar-refractivity contribution is 9.12. The molecule has 2 bridgehead atoms. The highest BCUT2D eigenvalue weighted by atomic mass is 79.9. The number of carbonyl (C=O) groups is 4. The van der Waals surface area contributed by atoms with E-state index in [4.69, 9.17) is 4.74 Å². The Kier molecular flexibility index (Phi) is 6.03. The molecule has 7 nitrogen and oxygen atoms in total. The van der Waals surface area contributed by atoms with E-state index < -0.39 is 18.5 Å². The van der Waals surface area contributed by atoms with Crippen molar-refractivity contribution in [1.82, 2.24) is 4.90 Å². The lowest BCUT2D eigenvalue weighted by molar-refractivity contribution is -0.149. The molecular formula is C21H22Br2N2O5. The van der Waals surface area contributed by atoms with Crippen molar-refractivity contribution in [3.8, 4) is 0 Å². The van der Waals surface area contributed by atoms with Gasteiger partial charge in [0, 0.05) is 21.9 Å². The predicted octanol–water partition coefficient (Wildman–Crippen LogP) is 2.64. The summed E-state index contributed by atoms with van der Waals surface area (Å²) < 4.78 is 5.00. The van der Waals surface area contributed by atoms with Crippen molar-refractivity contribution in [2.45, 2.75) is 29.4 Å². The number of rotatable bonds is 6. The van der Waals surface area contributed by atoms with Gasteiger partial charge in [0.1, 0.15) is 0 Å². The minimum absolute atomic E-state index is 0.0116. The molecule has 6 atom stereocenters. The summed E-state index contributed by atoms with van der Waals surface area (Å²) in [5, 5.41) is 2.66. The Labute approximate surface area is 191 Å². The van der Waals surface area contributed by atoms with Gasteiger partial charge in [0.25, 0.3) is 5.91 Å². The molecule has 1 N–H and O–H groups in total. The Morgan fingerprint density at radius 1 is 1.13 bits per heavy atom. The number of hydrogen-bond donors (Lipinski definition) is 1. The molecule has 0 spiro atoms. The fourth-order valence-corrected chi connectivity index (χ4v) is 6.85. The molecule has 1 saturated heterocycles. The maximum absolute atomic E-state index is 12.8. The van der Waals surface area contributed by atoms with Crippen LogP contribution in [0, 0.1) is 30.6 Å². The molecule has 3 amide bonds. The van der Waals surface area contributed by atoms with E-state index in [1.165, 1.54) is 4.90 Å². The number of fused-ring (bicyclic) bond motifs is 5.